The third kappa shape index (κ3) is 3.80. The maximum Gasteiger partial charge on any atom is 0.189 e. The molecule has 0 radical (unpaired) electrons. The first-order valence-electron chi connectivity index (χ1n) is 6.90. The fourth-order valence-corrected chi connectivity index (χ4v) is 2.20. The van der Waals surface area contributed by atoms with Gasteiger partial charge >= 0.3 is 0 Å². The molecule has 0 saturated carbocycles. The molecule has 0 aromatic rings. The third-order valence-corrected chi connectivity index (χ3v) is 3.68. The monoisotopic (exact) mass is 225 g/mol. The Morgan fingerprint density at radius 2 is 2.06 bits per heavy atom. The van der Waals surface area contributed by atoms with E-state index in [1.165, 1.54) is 32.1 Å². The second-order valence-electron chi connectivity index (χ2n) is 5.11. The van der Waals surface area contributed by atoms with E-state index >= 15 is 0 Å². The van der Waals surface area contributed by atoms with E-state index in [-0.39, 0.29) is 5.41 Å². The van der Waals surface area contributed by atoms with E-state index in [1.54, 1.807) is 0 Å². The van der Waals surface area contributed by atoms with Crippen LogP contribution in [-0.4, -0.2) is 19.0 Å². The Balaban J connectivity index is 2.44. The SMILES string of the molecule is CCCCCCC(C)(CC)C1=NCCCO1. The Hall–Kier alpha value is -0.530. The van der Waals surface area contributed by atoms with Crippen molar-refractivity contribution in [3.05, 3.63) is 0 Å². The van der Waals surface area contributed by atoms with Crippen LogP contribution in [0.5, 0.6) is 0 Å². The summed E-state index contributed by atoms with van der Waals surface area (Å²) >= 11 is 0. The van der Waals surface area contributed by atoms with Crippen LogP contribution in [0.15, 0.2) is 4.99 Å². The number of ether oxygens (including phenoxy) is 1. The van der Waals surface area contributed by atoms with Gasteiger partial charge in [-0.3, -0.25) is 4.99 Å². The standard InChI is InChI=1S/C14H27NO/c1-4-6-7-8-10-14(3,5-2)13-15-11-9-12-16-13/h4-12H2,1-3H3. The lowest BCUT2D eigenvalue weighted by molar-refractivity contribution is 0.216. The molecule has 1 heterocycles. The molecule has 94 valence electrons. The summed E-state index contributed by atoms with van der Waals surface area (Å²) in [5.74, 6) is 1.03. The zero-order valence-corrected chi connectivity index (χ0v) is 11.2. The van der Waals surface area contributed by atoms with E-state index in [1.807, 2.05) is 0 Å². The first kappa shape index (κ1) is 13.5. The summed E-state index contributed by atoms with van der Waals surface area (Å²) in [6.45, 7) is 8.64. The summed E-state index contributed by atoms with van der Waals surface area (Å²) in [5, 5.41) is 0. The third-order valence-electron chi connectivity index (χ3n) is 3.68. The van der Waals surface area contributed by atoms with Crippen LogP contribution >= 0.6 is 0 Å². The van der Waals surface area contributed by atoms with Gasteiger partial charge in [-0.25, -0.2) is 0 Å². The molecule has 1 unspecified atom stereocenters. The van der Waals surface area contributed by atoms with Gasteiger partial charge in [0, 0.05) is 18.4 Å². The molecule has 1 aliphatic rings. The first-order valence-corrected chi connectivity index (χ1v) is 6.90. The molecule has 0 N–H and O–H groups in total. The van der Waals surface area contributed by atoms with E-state index < -0.39 is 0 Å². The Labute approximate surface area is 100 Å². The number of nitrogens with zero attached hydrogens (tertiary/aromatic N) is 1. The van der Waals surface area contributed by atoms with Gasteiger partial charge in [-0.05, 0) is 12.8 Å². The second-order valence-corrected chi connectivity index (χ2v) is 5.11. The zero-order chi connectivity index (χ0) is 11.9. The summed E-state index contributed by atoms with van der Waals surface area (Å²) in [5.41, 5.74) is 0.189. The van der Waals surface area contributed by atoms with Crippen LogP contribution in [0.1, 0.15) is 65.7 Å². The van der Waals surface area contributed by atoms with Crippen LogP contribution in [0.25, 0.3) is 0 Å². The molecule has 16 heavy (non-hydrogen) atoms. The summed E-state index contributed by atoms with van der Waals surface area (Å²) < 4.78 is 5.74. The summed E-state index contributed by atoms with van der Waals surface area (Å²) in [4.78, 5) is 4.57. The number of hydrogen-bond donors (Lipinski definition) is 0. The highest BCUT2D eigenvalue weighted by Gasteiger charge is 2.30. The first-order chi connectivity index (χ1) is 7.73. The van der Waals surface area contributed by atoms with Crippen LogP contribution in [-0.2, 0) is 4.74 Å². The minimum absolute atomic E-state index is 0.189. The number of aliphatic imine (C=N–C) groups is 1. The molecular weight excluding hydrogens is 198 g/mol. The maximum atomic E-state index is 5.74. The minimum Gasteiger partial charge on any atom is -0.481 e. The van der Waals surface area contributed by atoms with Crippen molar-refractivity contribution in [2.45, 2.75) is 65.7 Å². The molecule has 2 heteroatoms. The van der Waals surface area contributed by atoms with Crippen LogP contribution in [0.2, 0.25) is 0 Å². The van der Waals surface area contributed by atoms with E-state index in [9.17, 15) is 0 Å². The van der Waals surface area contributed by atoms with Crippen molar-refractivity contribution in [2.75, 3.05) is 13.2 Å². The van der Waals surface area contributed by atoms with E-state index in [2.05, 4.69) is 25.8 Å². The average Bonchev–Trinajstić information content (AvgIpc) is 2.35. The fraction of sp³-hybridized carbons (Fsp3) is 0.929. The lowest BCUT2D eigenvalue weighted by atomic mass is 9.81. The predicted octanol–water partition coefficient (Wildman–Crippen LogP) is 4.19. The van der Waals surface area contributed by atoms with Gasteiger partial charge in [0.1, 0.15) is 0 Å². The minimum atomic E-state index is 0.189. The van der Waals surface area contributed by atoms with Crippen molar-refractivity contribution in [3.8, 4) is 0 Å². The molecular formula is C14H27NO. The van der Waals surface area contributed by atoms with Crippen molar-refractivity contribution in [1.29, 1.82) is 0 Å². The molecule has 0 aromatic carbocycles. The van der Waals surface area contributed by atoms with E-state index in [0.29, 0.717) is 0 Å². The zero-order valence-electron chi connectivity index (χ0n) is 11.2. The van der Waals surface area contributed by atoms with Crippen molar-refractivity contribution >= 4 is 5.90 Å². The lowest BCUT2D eigenvalue weighted by Crippen LogP contribution is -2.32. The molecule has 0 spiro atoms. The molecule has 0 fully saturated rings. The largest absolute Gasteiger partial charge is 0.481 e. The van der Waals surface area contributed by atoms with Gasteiger partial charge in [0.05, 0.1) is 6.61 Å². The number of hydrogen-bond acceptors (Lipinski definition) is 2. The maximum absolute atomic E-state index is 5.74. The Bertz CT molecular complexity index is 225. The predicted molar refractivity (Wildman–Crippen MR) is 70.0 cm³/mol. The highest BCUT2D eigenvalue weighted by atomic mass is 16.5. The highest BCUT2D eigenvalue weighted by Crippen LogP contribution is 2.32. The van der Waals surface area contributed by atoms with Crippen molar-refractivity contribution in [3.63, 3.8) is 0 Å². The van der Waals surface area contributed by atoms with E-state index in [0.717, 1.165) is 31.9 Å². The Morgan fingerprint density at radius 3 is 2.62 bits per heavy atom. The topological polar surface area (TPSA) is 21.6 Å². The normalized spacial score (nSPS) is 19.8. The van der Waals surface area contributed by atoms with Gasteiger partial charge in [0.25, 0.3) is 0 Å². The van der Waals surface area contributed by atoms with Crippen molar-refractivity contribution in [1.82, 2.24) is 0 Å². The average molecular weight is 225 g/mol. The quantitative estimate of drug-likeness (QED) is 0.595. The van der Waals surface area contributed by atoms with Crippen molar-refractivity contribution < 1.29 is 4.74 Å². The summed E-state index contributed by atoms with van der Waals surface area (Å²) in [6.07, 6.45) is 8.76. The molecule has 0 bridgehead atoms. The molecule has 1 atom stereocenters. The lowest BCUT2D eigenvalue weighted by Gasteiger charge is -2.31. The van der Waals surface area contributed by atoms with Crippen molar-refractivity contribution in [2.24, 2.45) is 10.4 Å². The van der Waals surface area contributed by atoms with Gasteiger partial charge < -0.3 is 4.74 Å². The Morgan fingerprint density at radius 1 is 1.25 bits per heavy atom. The second kappa shape index (κ2) is 6.93. The summed E-state index contributed by atoms with van der Waals surface area (Å²) in [7, 11) is 0. The molecule has 1 aliphatic heterocycles. The molecule has 2 nitrogen and oxygen atoms in total. The van der Waals surface area contributed by atoms with Crippen LogP contribution in [0.3, 0.4) is 0 Å². The molecule has 0 saturated heterocycles. The van der Waals surface area contributed by atoms with Crippen LogP contribution < -0.4 is 0 Å². The molecule has 1 rings (SSSR count). The highest BCUT2D eigenvalue weighted by molar-refractivity contribution is 5.82. The molecule has 0 aliphatic carbocycles. The Kier molecular flexibility index (Phi) is 5.86. The van der Waals surface area contributed by atoms with Gasteiger partial charge in [-0.2, -0.15) is 0 Å². The van der Waals surface area contributed by atoms with Gasteiger partial charge in [-0.1, -0.05) is 46.5 Å². The number of rotatable bonds is 7. The van der Waals surface area contributed by atoms with Gasteiger partial charge in [0.2, 0.25) is 0 Å². The number of unbranched alkanes of at least 4 members (excludes halogenated alkanes) is 3. The van der Waals surface area contributed by atoms with E-state index in [4.69, 9.17) is 4.74 Å². The van der Waals surface area contributed by atoms with Crippen LogP contribution in [0.4, 0.5) is 0 Å². The summed E-state index contributed by atoms with van der Waals surface area (Å²) in [6, 6.07) is 0. The van der Waals surface area contributed by atoms with Crippen LogP contribution in [0, 0.1) is 5.41 Å². The molecule has 0 aromatic heterocycles. The van der Waals surface area contributed by atoms with Gasteiger partial charge in [0.15, 0.2) is 5.90 Å². The van der Waals surface area contributed by atoms with Gasteiger partial charge in [-0.15, -0.1) is 0 Å². The fourth-order valence-electron chi connectivity index (χ4n) is 2.20. The molecule has 0 amide bonds. The smallest absolute Gasteiger partial charge is 0.189 e.